The van der Waals surface area contributed by atoms with E-state index in [2.05, 4.69) is 0 Å². The summed E-state index contributed by atoms with van der Waals surface area (Å²) in [4.78, 5) is 56.2. The molecule has 2 aliphatic heterocycles. The standard InChI is InChI=1S/C22H36N4O5/c1-22(2)20(29)26(21(30)24(22)3)14-17(18(27)23-31)16(13-15-9-5-6-10-15)19(28)25-11-7-4-8-12-25/h15-17,31H,4-14H2,1-3H3,(H,23,27)/t16-,17-/m0/s1. The summed E-state index contributed by atoms with van der Waals surface area (Å²) in [5.41, 5.74) is 0.673. The first-order valence-electron chi connectivity index (χ1n) is 11.5. The number of hydrogen-bond acceptors (Lipinski definition) is 5. The van der Waals surface area contributed by atoms with Crippen molar-refractivity contribution in [2.45, 2.75) is 70.8 Å². The van der Waals surface area contributed by atoms with E-state index >= 15 is 0 Å². The summed E-state index contributed by atoms with van der Waals surface area (Å²) in [6.07, 6.45) is 7.70. The van der Waals surface area contributed by atoms with Crippen LogP contribution in [0.2, 0.25) is 0 Å². The van der Waals surface area contributed by atoms with Gasteiger partial charge in [0.2, 0.25) is 11.8 Å². The first kappa shape index (κ1) is 23.5. The van der Waals surface area contributed by atoms with Crippen LogP contribution in [0.25, 0.3) is 0 Å². The molecular formula is C22H36N4O5. The van der Waals surface area contributed by atoms with E-state index < -0.39 is 35.2 Å². The SMILES string of the molecule is CN1C(=O)N(C[C@H](C(=O)NO)[C@H](CC2CCCC2)C(=O)N2CCCCC2)C(=O)C1(C)C. The van der Waals surface area contributed by atoms with Gasteiger partial charge in [0.25, 0.3) is 5.91 Å². The molecule has 9 heteroatoms. The minimum atomic E-state index is -1.02. The third-order valence-corrected chi connectivity index (χ3v) is 7.48. The van der Waals surface area contributed by atoms with Crippen LogP contribution in [0.5, 0.6) is 0 Å². The number of likely N-dealkylation sites (tertiary alicyclic amines) is 1. The number of piperidine rings is 1. The molecule has 3 aliphatic rings. The molecule has 3 fully saturated rings. The van der Waals surface area contributed by atoms with E-state index in [0.29, 0.717) is 25.4 Å². The van der Waals surface area contributed by atoms with Crippen molar-refractivity contribution in [2.75, 3.05) is 26.7 Å². The van der Waals surface area contributed by atoms with Gasteiger partial charge >= 0.3 is 6.03 Å². The summed E-state index contributed by atoms with van der Waals surface area (Å²) < 4.78 is 0. The van der Waals surface area contributed by atoms with Crippen molar-refractivity contribution >= 4 is 23.8 Å². The lowest BCUT2D eigenvalue weighted by Crippen LogP contribution is -2.50. The highest BCUT2D eigenvalue weighted by Gasteiger charge is 2.51. The van der Waals surface area contributed by atoms with Gasteiger partial charge < -0.3 is 9.80 Å². The van der Waals surface area contributed by atoms with Gasteiger partial charge in [-0.05, 0) is 45.4 Å². The molecular weight excluding hydrogens is 400 g/mol. The molecule has 0 aromatic rings. The van der Waals surface area contributed by atoms with Gasteiger partial charge in [0.1, 0.15) is 5.54 Å². The lowest BCUT2D eigenvalue weighted by atomic mass is 9.81. The molecule has 0 aromatic carbocycles. The zero-order valence-electron chi connectivity index (χ0n) is 18.9. The molecule has 2 heterocycles. The highest BCUT2D eigenvalue weighted by molar-refractivity contribution is 6.06. The Balaban J connectivity index is 1.88. The minimum absolute atomic E-state index is 0.105. The molecule has 0 aromatic heterocycles. The van der Waals surface area contributed by atoms with Crippen LogP contribution in [0.3, 0.4) is 0 Å². The summed E-state index contributed by atoms with van der Waals surface area (Å²) in [6.45, 7) is 4.41. The first-order valence-corrected chi connectivity index (χ1v) is 11.5. The molecule has 0 spiro atoms. The number of likely N-dealkylation sites (N-methyl/N-ethyl adjacent to an activating group) is 1. The van der Waals surface area contributed by atoms with Crippen LogP contribution < -0.4 is 5.48 Å². The van der Waals surface area contributed by atoms with Crippen LogP contribution in [0.1, 0.15) is 65.2 Å². The maximum absolute atomic E-state index is 13.5. The maximum atomic E-state index is 13.5. The van der Waals surface area contributed by atoms with Gasteiger partial charge in [-0.3, -0.25) is 24.5 Å². The molecule has 5 amide bonds. The van der Waals surface area contributed by atoms with E-state index in [1.165, 1.54) is 4.90 Å². The quantitative estimate of drug-likeness (QED) is 0.360. The monoisotopic (exact) mass is 436 g/mol. The summed E-state index contributed by atoms with van der Waals surface area (Å²) in [7, 11) is 1.55. The minimum Gasteiger partial charge on any atom is -0.342 e. The van der Waals surface area contributed by atoms with E-state index in [-0.39, 0.29) is 12.5 Å². The maximum Gasteiger partial charge on any atom is 0.327 e. The number of nitrogens with zero attached hydrogens (tertiary/aromatic N) is 3. The van der Waals surface area contributed by atoms with Gasteiger partial charge in [0.15, 0.2) is 0 Å². The zero-order chi connectivity index (χ0) is 22.8. The average molecular weight is 437 g/mol. The number of carbonyl (C=O) groups excluding carboxylic acids is 4. The molecule has 1 saturated carbocycles. The van der Waals surface area contributed by atoms with Gasteiger partial charge in [0.05, 0.1) is 11.8 Å². The van der Waals surface area contributed by atoms with Crippen molar-refractivity contribution in [1.82, 2.24) is 20.2 Å². The second-order valence-corrected chi connectivity index (χ2v) is 9.78. The fraction of sp³-hybridized carbons (Fsp3) is 0.818. The molecule has 9 nitrogen and oxygen atoms in total. The second kappa shape index (κ2) is 9.54. The summed E-state index contributed by atoms with van der Waals surface area (Å²) >= 11 is 0. The van der Waals surface area contributed by atoms with Gasteiger partial charge in [-0.15, -0.1) is 0 Å². The van der Waals surface area contributed by atoms with Gasteiger partial charge in [-0.25, -0.2) is 10.3 Å². The fourth-order valence-corrected chi connectivity index (χ4v) is 5.21. The van der Waals surface area contributed by atoms with Crippen LogP contribution in [0, 0.1) is 17.8 Å². The highest BCUT2D eigenvalue weighted by Crippen LogP contribution is 2.36. The van der Waals surface area contributed by atoms with E-state index in [0.717, 1.165) is 49.8 Å². The summed E-state index contributed by atoms with van der Waals surface area (Å²) in [5, 5.41) is 9.44. The number of urea groups is 1. The number of rotatable bonds is 7. The molecule has 2 N–H and O–H groups in total. The molecule has 0 unspecified atom stereocenters. The number of carbonyl (C=O) groups is 4. The Kier molecular flexibility index (Phi) is 7.24. The number of hydrogen-bond donors (Lipinski definition) is 2. The molecule has 1 aliphatic carbocycles. The van der Waals surface area contributed by atoms with Crippen molar-refractivity contribution in [3.8, 4) is 0 Å². The van der Waals surface area contributed by atoms with E-state index in [4.69, 9.17) is 0 Å². The fourth-order valence-electron chi connectivity index (χ4n) is 5.21. The van der Waals surface area contributed by atoms with Gasteiger partial charge in [0, 0.05) is 26.7 Å². The summed E-state index contributed by atoms with van der Waals surface area (Å²) in [6, 6.07) is -0.490. The molecule has 2 saturated heterocycles. The lowest BCUT2D eigenvalue weighted by molar-refractivity contribution is -0.148. The van der Waals surface area contributed by atoms with E-state index in [1.54, 1.807) is 26.4 Å². The average Bonchev–Trinajstić information content (AvgIpc) is 3.34. The third kappa shape index (κ3) is 4.71. The van der Waals surface area contributed by atoms with Crippen molar-refractivity contribution in [2.24, 2.45) is 17.8 Å². The number of amides is 5. The first-order chi connectivity index (χ1) is 14.7. The van der Waals surface area contributed by atoms with Crippen LogP contribution >= 0.6 is 0 Å². The molecule has 2 atom stereocenters. The normalized spacial score (nSPS) is 23.9. The highest BCUT2D eigenvalue weighted by atomic mass is 16.5. The Morgan fingerprint density at radius 2 is 1.68 bits per heavy atom. The second-order valence-electron chi connectivity index (χ2n) is 9.78. The topological polar surface area (TPSA) is 110 Å². The van der Waals surface area contributed by atoms with Crippen molar-refractivity contribution in [3.63, 3.8) is 0 Å². The number of imide groups is 1. The number of nitrogens with one attached hydrogen (secondary N) is 1. The lowest BCUT2D eigenvalue weighted by Gasteiger charge is -2.35. The van der Waals surface area contributed by atoms with Crippen LogP contribution in [-0.4, -0.2) is 75.9 Å². The van der Waals surface area contributed by atoms with Crippen LogP contribution in [0.15, 0.2) is 0 Å². The number of hydroxylamine groups is 1. The predicted molar refractivity (Wildman–Crippen MR) is 113 cm³/mol. The molecule has 0 radical (unpaired) electrons. The van der Waals surface area contributed by atoms with Crippen LogP contribution in [-0.2, 0) is 14.4 Å². The van der Waals surface area contributed by atoms with E-state index in [9.17, 15) is 24.4 Å². The Hall–Kier alpha value is -2.16. The molecule has 3 rings (SSSR count). The Labute approximate surface area is 184 Å². The predicted octanol–water partition coefficient (Wildman–Crippen LogP) is 1.99. The van der Waals surface area contributed by atoms with Gasteiger partial charge in [-0.2, -0.15) is 0 Å². The largest absolute Gasteiger partial charge is 0.342 e. The molecule has 0 bridgehead atoms. The van der Waals surface area contributed by atoms with Gasteiger partial charge in [-0.1, -0.05) is 25.7 Å². The molecule has 31 heavy (non-hydrogen) atoms. The van der Waals surface area contributed by atoms with Crippen LogP contribution in [0.4, 0.5) is 4.79 Å². The van der Waals surface area contributed by atoms with Crippen molar-refractivity contribution in [1.29, 1.82) is 0 Å². The third-order valence-electron chi connectivity index (χ3n) is 7.48. The van der Waals surface area contributed by atoms with Crippen molar-refractivity contribution in [3.05, 3.63) is 0 Å². The molecule has 174 valence electrons. The van der Waals surface area contributed by atoms with E-state index in [1.807, 2.05) is 4.90 Å². The Bertz CT molecular complexity index is 713. The van der Waals surface area contributed by atoms with Crippen molar-refractivity contribution < 1.29 is 24.4 Å². The smallest absolute Gasteiger partial charge is 0.327 e. The summed E-state index contributed by atoms with van der Waals surface area (Å²) in [5.74, 6) is -2.57. The Morgan fingerprint density at radius 1 is 1.06 bits per heavy atom. The Morgan fingerprint density at radius 3 is 2.19 bits per heavy atom. The zero-order valence-corrected chi connectivity index (χ0v) is 18.9.